The minimum Gasteiger partial charge on any atom is -0.314 e. The lowest BCUT2D eigenvalue weighted by Gasteiger charge is -2.18. The number of para-hydroxylation sites is 1. The first-order chi connectivity index (χ1) is 14.3. The second-order valence-corrected chi connectivity index (χ2v) is 8.53. The van der Waals surface area contributed by atoms with Crippen LogP contribution in [0, 0.1) is 20.8 Å². The zero-order chi connectivity index (χ0) is 21.4. The maximum atomic E-state index is 13.0. The van der Waals surface area contributed by atoms with Gasteiger partial charge in [-0.3, -0.25) is 9.59 Å². The molecule has 2 aromatic heterocycles. The van der Waals surface area contributed by atoms with E-state index in [1.54, 1.807) is 7.05 Å². The molecule has 0 saturated heterocycles. The van der Waals surface area contributed by atoms with E-state index in [0.717, 1.165) is 32.1 Å². The highest BCUT2D eigenvalue weighted by atomic mass is 32.1. The molecule has 7 heteroatoms. The highest BCUT2D eigenvalue weighted by Gasteiger charge is 2.20. The Morgan fingerprint density at radius 1 is 1.10 bits per heavy atom. The fourth-order valence-electron chi connectivity index (χ4n) is 3.46. The van der Waals surface area contributed by atoms with Crippen LogP contribution in [0.4, 0.5) is 5.69 Å². The number of anilines is 1. The number of fused-ring (bicyclic) bond motifs is 1. The molecule has 0 aliphatic rings. The van der Waals surface area contributed by atoms with Gasteiger partial charge in [0.25, 0.3) is 5.56 Å². The van der Waals surface area contributed by atoms with E-state index in [2.05, 4.69) is 16.1 Å². The van der Waals surface area contributed by atoms with Gasteiger partial charge in [-0.1, -0.05) is 42.0 Å². The zero-order valence-electron chi connectivity index (χ0n) is 17.3. The van der Waals surface area contributed by atoms with E-state index in [1.165, 1.54) is 20.9 Å². The molecule has 6 nitrogen and oxygen atoms in total. The van der Waals surface area contributed by atoms with Crippen LogP contribution in [-0.4, -0.2) is 27.7 Å². The number of nitrogens with zero attached hydrogens (tertiary/aromatic N) is 4. The Morgan fingerprint density at radius 2 is 1.83 bits per heavy atom. The Bertz CT molecular complexity index is 1310. The Kier molecular flexibility index (Phi) is 5.22. The number of rotatable bonds is 4. The molecule has 0 aliphatic heterocycles. The van der Waals surface area contributed by atoms with Gasteiger partial charge in [0.2, 0.25) is 5.91 Å². The van der Waals surface area contributed by atoms with Gasteiger partial charge in [0.15, 0.2) is 5.52 Å². The first kappa shape index (κ1) is 20.0. The highest BCUT2D eigenvalue weighted by molar-refractivity contribution is 7.19. The van der Waals surface area contributed by atoms with Crippen molar-refractivity contribution in [2.24, 2.45) is 0 Å². The number of hydrogen-bond acceptors (Lipinski definition) is 5. The van der Waals surface area contributed by atoms with Crippen molar-refractivity contribution in [2.45, 2.75) is 27.3 Å². The van der Waals surface area contributed by atoms with Gasteiger partial charge in [0.1, 0.15) is 12.2 Å². The summed E-state index contributed by atoms with van der Waals surface area (Å²) in [6.45, 7) is 5.77. The third kappa shape index (κ3) is 3.64. The van der Waals surface area contributed by atoms with Crippen LogP contribution in [0.2, 0.25) is 0 Å². The summed E-state index contributed by atoms with van der Waals surface area (Å²) in [5.41, 5.74) is 4.61. The number of carbonyl (C=O) groups excluding carboxylic acids is 1. The van der Waals surface area contributed by atoms with Crippen LogP contribution in [0.1, 0.15) is 16.1 Å². The third-order valence-corrected chi connectivity index (χ3v) is 6.02. The van der Waals surface area contributed by atoms with E-state index in [9.17, 15) is 9.59 Å². The number of amides is 1. The highest BCUT2D eigenvalue weighted by Crippen LogP contribution is 2.31. The third-order valence-electron chi connectivity index (χ3n) is 5.05. The number of benzene rings is 2. The molecule has 0 unspecified atom stereocenters. The molecule has 0 aliphatic carbocycles. The molecule has 0 atom stereocenters. The smallest absolute Gasteiger partial charge is 0.294 e. The van der Waals surface area contributed by atoms with E-state index in [4.69, 9.17) is 0 Å². The van der Waals surface area contributed by atoms with Crippen molar-refractivity contribution < 1.29 is 4.79 Å². The van der Waals surface area contributed by atoms with Gasteiger partial charge in [-0.25, -0.2) is 9.67 Å². The molecule has 30 heavy (non-hydrogen) atoms. The van der Waals surface area contributed by atoms with Gasteiger partial charge >= 0.3 is 0 Å². The Balaban J connectivity index is 1.82. The van der Waals surface area contributed by atoms with Crippen molar-refractivity contribution in [2.75, 3.05) is 11.9 Å². The molecular formula is C23H22N4O2S. The Morgan fingerprint density at radius 3 is 2.53 bits per heavy atom. The van der Waals surface area contributed by atoms with Crippen LogP contribution >= 0.6 is 11.3 Å². The molecule has 0 N–H and O–H groups in total. The van der Waals surface area contributed by atoms with Crippen molar-refractivity contribution in [3.63, 3.8) is 0 Å². The number of aromatic nitrogens is 3. The lowest BCUT2D eigenvalue weighted by Crippen LogP contribution is -2.35. The largest absolute Gasteiger partial charge is 0.314 e. The maximum absolute atomic E-state index is 13.0. The van der Waals surface area contributed by atoms with Crippen LogP contribution in [-0.2, 0) is 11.3 Å². The van der Waals surface area contributed by atoms with E-state index in [1.807, 2.05) is 63.2 Å². The molecule has 0 fully saturated rings. The summed E-state index contributed by atoms with van der Waals surface area (Å²) >= 11 is 1.45. The zero-order valence-corrected chi connectivity index (χ0v) is 18.2. The molecule has 0 bridgehead atoms. The molecule has 0 radical (unpaired) electrons. The average Bonchev–Trinajstić information content (AvgIpc) is 3.12. The number of aryl methyl sites for hydroxylation is 3. The molecule has 1 amide bonds. The number of thiazole rings is 1. The minimum atomic E-state index is -0.349. The Labute approximate surface area is 178 Å². The van der Waals surface area contributed by atoms with Gasteiger partial charge in [-0.05, 0) is 38.5 Å². The van der Waals surface area contributed by atoms with E-state index in [0.29, 0.717) is 11.2 Å². The molecular weight excluding hydrogens is 396 g/mol. The molecule has 152 valence electrons. The van der Waals surface area contributed by atoms with Gasteiger partial charge in [0.05, 0.1) is 9.71 Å². The summed E-state index contributed by atoms with van der Waals surface area (Å²) in [6.07, 6.45) is 0. The first-order valence-corrected chi connectivity index (χ1v) is 10.4. The van der Waals surface area contributed by atoms with Crippen molar-refractivity contribution in [1.29, 1.82) is 0 Å². The van der Waals surface area contributed by atoms with Crippen LogP contribution in [0.5, 0.6) is 0 Å². The SMILES string of the molecule is Cc1ccc(-c2nn(CC(=O)N(C)c3ccccc3)c(=O)c3nc(C)sc23)c(C)c1. The summed E-state index contributed by atoms with van der Waals surface area (Å²) < 4.78 is 1.99. The monoisotopic (exact) mass is 418 g/mol. The van der Waals surface area contributed by atoms with E-state index in [-0.39, 0.29) is 18.0 Å². The quantitative estimate of drug-likeness (QED) is 0.500. The van der Waals surface area contributed by atoms with Crippen LogP contribution in [0.15, 0.2) is 53.3 Å². The second-order valence-electron chi connectivity index (χ2n) is 7.33. The Hall–Kier alpha value is -3.32. The van der Waals surface area contributed by atoms with E-state index < -0.39 is 0 Å². The topological polar surface area (TPSA) is 68.1 Å². The van der Waals surface area contributed by atoms with Crippen molar-refractivity contribution in [3.8, 4) is 11.3 Å². The predicted octanol–water partition coefficient (Wildman–Crippen LogP) is 4.11. The summed E-state index contributed by atoms with van der Waals surface area (Å²) in [5.74, 6) is -0.228. The summed E-state index contributed by atoms with van der Waals surface area (Å²) in [6, 6.07) is 15.4. The molecule has 0 spiro atoms. The minimum absolute atomic E-state index is 0.158. The number of likely N-dealkylation sites (N-methyl/N-ethyl adjacent to an activating group) is 1. The fraction of sp³-hybridized carbons (Fsp3) is 0.217. The van der Waals surface area contributed by atoms with Crippen LogP contribution < -0.4 is 10.5 Å². The molecule has 4 rings (SSSR count). The molecule has 2 aromatic carbocycles. The normalized spacial score (nSPS) is 11.1. The maximum Gasteiger partial charge on any atom is 0.294 e. The number of carbonyl (C=O) groups is 1. The van der Waals surface area contributed by atoms with Gasteiger partial charge in [-0.15, -0.1) is 11.3 Å². The van der Waals surface area contributed by atoms with Gasteiger partial charge in [0, 0.05) is 18.3 Å². The summed E-state index contributed by atoms with van der Waals surface area (Å²) in [5, 5.41) is 5.41. The van der Waals surface area contributed by atoms with E-state index >= 15 is 0 Å². The molecule has 2 heterocycles. The predicted molar refractivity (Wildman–Crippen MR) is 121 cm³/mol. The van der Waals surface area contributed by atoms with Crippen LogP contribution in [0.3, 0.4) is 0 Å². The summed E-state index contributed by atoms with van der Waals surface area (Å²) in [4.78, 5) is 31.9. The molecule has 0 saturated carbocycles. The van der Waals surface area contributed by atoms with Crippen molar-refractivity contribution >= 4 is 33.1 Å². The van der Waals surface area contributed by atoms with Gasteiger partial charge < -0.3 is 4.90 Å². The standard InChI is InChI=1S/C23H22N4O2S/c1-14-10-11-18(15(2)12-14)20-22-21(24-16(3)30-22)23(29)27(25-20)13-19(28)26(4)17-8-6-5-7-9-17/h5-12H,13H2,1-4H3. The van der Waals surface area contributed by atoms with Crippen molar-refractivity contribution in [1.82, 2.24) is 14.8 Å². The summed E-state index contributed by atoms with van der Waals surface area (Å²) in [7, 11) is 1.69. The average molecular weight is 419 g/mol. The first-order valence-electron chi connectivity index (χ1n) is 9.62. The van der Waals surface area contributed by atoms with Crippen LogP contribution in [0.25, 0.3) is 21.5 Å². The van der Waals surface area contributed by atoms with Gasteiger partial charge in [-0.2, -0.15) is 5.10 Å². The number of hydrogen-bond donors (Lipinski definition) is 0. The second kappa shape index (κ2) is 7.84. The lowest BCUT2D eigenvalue weighted by molar-refractivity contribution is -0.119. The molecule has 4 aromatic rings. The van der Waals surface area contributed by atoms with Crippen molar-refractivity contribution in [3.05, 3.63) is 75.0 Å². The lowest BCUT2D eigenvalue weighted by atomic mass is 10.0. The fourth-order valence-corrected chi connectivity index (χ4v) is 4.37.